The van der Waals surface area contributed by atoms with E-state index in [1.54, 1.807) is 4.90 Å². The van der Waals surface area contributed by atoms with E-state index in [2.05, 4.69) is 4.90 Å². The van der Waals surface area contributed by atoms with Gasteiger partial charge in [0.15, 0.2) is 0 Å². The van der Waals surface area contributed by atoms with E-state index in [0.29, 0.717) is 19.6 Å². The Labute approximate surface area is 103 Å². The second-order valence-corrected chi connectivity index (χ2v) is 5.44. The molecule has 0 radical (unpaired) electrons. The molecule has 0 saturated carbocycles. The summed E-state index contributed by atoms with van der Waals surface area (Å²) in [5, 5.41) is 0. The first kappa shape index (κ1) is 14.0. The van der Waals surface area contributed by atoms with Gasteiger partial charge in [0.05, 0.1) is 6.54 Å². The molecule has 1 atom stereocenters. The first-order valence-corrected chi connectivity index (χ1v) is 5.99. The standard InChI is InChI=1S/C12H22N2O3/c1-10-9-14(6-5-13(10)7-8-15)11(16)17-12(2,3)4/h8,10H,5-7,9H2,1-4H3/t10-/m1/s1. The van der Waals surface area contributed by atoms with Crippen molar-refractivity contribution in [1.82, 2.24) is 9.80 Å². The van der Waals surface area contributed by atoms with Gasteiger partial charge in [-0.25, -0.2) is 4.79 Å². The van der Waals surface area contributed by atoms with Crippen LogP contribution in [0.1, 0.15) is 27.7 Å². The van der Waals surface area contributed by atoms with Gasteiger partial charge >= 0.3 is 6.09 Å². The lowest BCUT2D eigenvalue weighted by molar-refractivity contribution is -0.109. The third kappa shape index (κ3) is 4.34. The van der Waals surface area contributed by atoms with Gasteiger partial charge in [-0.05, 0) is 27.7 Å². The molecular formula is C12H22N2O3. The maximum absolute atomic E-state index is 11.8. The molecule has 17 heavy (non-hydrogen) atoms. The van der Waals surface area contributed by atoms with Gasteiger partial charge in [-0.1, -0.05) is 0 Å². The summed E-state index contributed by atoms with van der Waals surface area (Å²) in [6, 6.07) is 0.196. The number of ether oxygens (including phenoxy) is 1. The van der Waals surface area contributed by atoms with Crippen molar-refractivity contribution in [2.45, 2.75) is 39.3 Å². The number of piperazine rings is 1. The maximum Gasteiger partial charge on any atom is 0.410 e. The van der Waals surface area contributed by atoms with Crippen LogP contribution in [0.4, 0.5) is 4.79 Å². The van der Waals surface area contributed by atoms with Crippen LogP contribution in [0.3, 0.4) is 0 Å². The van der Waals surface area contributed by atoms with Gasteiger partial charge in [-0.3, -0.25) is 4.90 Å². The molecule has 5 heteroatoms. The van der Waals surface area contributed by atoms with Crippen molar-refractivity contribution in [3.63, 3.8) is 0 Å². The van der Waals surface area contributed by atoms with Crippen molar-refractivity contribution in [3.05, 3.63) is 0 Å². The van der Waals surface area contributed by atoms with Crippen molar-refractivity contribution in [2.75, 3.05) is 26.2 Å². The van der Waals surface area contributed by atoms with Crippen LogP contribution < -0.4 is 0 Å². The molecule has 1 fully saturated rings. The fourth-order valence-electron chi connectivity index (χ4n) is 1.85. The van der Waals surface area contributed by atoms with Crippen LogP contribution in [0, 0.1) is 0 Å². The molecule has 1 heterocycles. The second-order valence-electron chi connectivity index (χ2n) is 5.44. The summed E-state index contributed by atoms with van der Waals surface area (Å²) in [5.74, 6) is 0. The average molecular weight is 242 g/mol. The lowest BCUT2D eigenvalue weighted by Crippen LogP contribution is -2.54. The van der Waals surface area contributed by atoms with Gasteiger partial charge in [0.2, 0.25) is 0 Å². The zero-order valence-corrected chi connectivity index (χ0v) is 11.1. The highest BCUT2D eigenvalue weighted by atomic mass is 16.6. The molecule has 0 N–H and O–H groups in total. The number of hydrogen-bond acceptors (Lipinski definition) is 4. The van der Waals surface area contributed by atoms with E-state index in [9.17, 15) is 9.59 Å². The molecule has 1 amide bonds. The molecule has 0 aliphatic carbocycles. The summed E-state index contributed by atoms with van der Waals surface area (Å²) in [6.45, 7) is 9.98. The quantitative estimate of drug-likeness (QED) is 0.681. The number of carbonyl (C=O) groups is 2. The number of aldehydes is 1. The lowest BCUT2D eigenvalue weighted by Gasteiger charge is -2.39. The minimum atomic E-state index is -0.458. The molecule has 5 nitrogen and oxygen atoms in total. The van der Waals surface area contributed by atoms with Gasteiger partial charge in [0.1, 0.15) is 11.9 Å². The van der Waals surface area contributed by atoms with E-state index in [4.69, 9.17) is 4.74 Å². The van der Waals surface area contributed by atoms with E-state index >= 15 is 0 Å². The highest BCUT2D eigenvalue weighted by molar-refractivity contribution is 5.68. The van der Waals surface area contributed by atoms with Crippen LogP contribution in [-0.4, -0.2) is 60.0 Å². The van der Waals surface area contributed by atoms with E-state index in [1.807, 2.05) is 27.7 Å². The number of carbonyl (C=O) groups excluding carboxylic acids is 2. The Hall–Kier alpha value is -1.10. The van der Waals surface area contributed by atoms with Gasteiger partial charge in [-0.2, -0.15) is 0 Å². The molecule has 1 rings (SSSR count). The summed E-state index contributed by atoms with van der Waals surface area (Å²) in [7, 11) is 0. The van der Waals surface area contributed by atoms with Crippen molar-refractivity contribution in [1.29, 1.82) is 0 Å². The first-order chi connectivity index (χ1) is 7.83. The smallest absolute Gasteiger partial charge is 0.410 e. The van der Waals surface area contributed by atoms with Gasteiger partial charge in [0, 0.05) is 25.7 Å². The number of hydrogen-bond donors (Lipinski definition) is 0. The highest BCUT2D eigenvalue weighted by Crippen LogP contribution is 2.14. The number of amides is 1. The fraction of sp³-hybridized carbons (Fsp3) is 0.833. The van der Waals surface area contributed by atoms with Crippen LogP contribution in [-0.2, 0) is 9.53 Å². The highest BCUT2D eigenvalue weighted by Gasteiger charge is 2.29. The van der Waals surface area contributed by atoms with E-state index in [1.165, 1.54) is 0 Å². The summed E-state index contributed by atoms with van der Waals surface area (Å²) in [4.78, 5) is 26.1. The van der Waals surface area contributed by atoms with Crippen molar-refractivity contribution in [3.8, 4) is 0 Å². The van der Waals surface area contributed by atoms with Crippen LogP contribution >= 0.6 is 0 Å². The molecule has 1 saturated heterocycles. The first-order valence-electron chi connectivity index (χ1n) is 5.99. The maximum atomic E-state index is 11.8. The Kier molecular flexibility index (Phi) is 4.51. The largest absolute Gasteiger partial charge is 0.444 e. The molecule has 1 aliphatic heterocycles. The van der Waals surface area contributed by atoms with Crippen LogP contribution in [0.15, 0.2) is 0 Å². The van der Waals surface area contributed by atoms with Gasteiger partial charge in [-0.15, -0.1) is 0 Å². The topological polar surface area (TPSA) is 49.9 Å². The lowest BCUT2D eigenvalue weighted by atomic mass is 10.2. The number of rotatable bonds is 2. The summed E-state index contributed by atoms with van der Waals surface area (Å²) in [5.41, 5.74) is -0.458. The zero-order valence-electron chi connectivity index (χ0n) is 11.1. The van der Waals surface area contributed by atoms with E-state index < -0.39 is 5.60 Å². The molecule has 0 bridgehead atoms. The minimum absolute atomic E-state index is 0.196. The molecule has 0 unspecified atom stereocenters. The third-order valence-corrected chi connectivity index (χ3v) is 2.73. The third-order valence-electron chi connectivity index (χ3n) is 2.73. The van der Waals surface area contributed by atoms with E-state index in [-0.39, 0.29) is 12.1 Å². The minimum Gasteiger partial charge on any atom is -0.444 e. The summed E-state index contributed by atoms with van der Waals surface area (Å²) < 4.78 is 5.32. The summed E-state index contributed by atoms with van der Waals surface area (Å²) >= 11 is 0. The van der Waals surface area contributed by atoms with Crippen molar-refractivity contribution in [2.24, 2.45) is 0 Å². The van der Waals surface area contributed by atoms with Crippen molar-refractivity contribution < 1.29 is 14.3 Å². The van der Waals surface area contributed by atoms with Crippen LogP contribution in [0.5, 0.6) is 0 Å². The predicted molar refractivity (Wildman–Crippen MR) is 64.9 cm³/mol. The Morgan fingerprint density at radius 1 is 1.41 bits per heavy atom. The molecule has 0 aromatic rings. The second kappa shape index (κ2) is 5.49. The Balaban J connectivity index is 2.49. The molecular weight excluding hydrogens is 220 g/mol. The van der Waals surface area contributed by atoms with Gasteiger partial charge in [0.25, 0.3) is 0 Å². The average Bonchev–Trinajstić information content (AvgIpc) is 2.18. The molecule has 0 spiro atoms. The van der Waals surface area contributed by atoms with Crippen LogP contribution in [0.2, 0.25) is 0 Å². The SMILES string of the molecule is C[C@@H]1CN(C(=O)OC(C)(C)C)CCN1CC=O. The number of nitrogens with zero attached hydrogens (tertiary/aromatic N) is 2. The Morgan fingerprint density at radius 2 is 2.06 bits per heavy atom. The normalized spacial score (nSPS) is 22.4. The van der Waals surface area contributed by atoms with Crippen LogP contribution in [0.25, 0.3) is 0 Å². The summed E-state index contributed by atoms with van der Waals surface area (Å²) in [6.07, 6.45) is 0.634. The Bertz CT molecular complexity index is 286. The monoisotopic (exact) mass is 242 g/mol. The predicted octanol–water partition coefficient (Wildman–Crippen LogP) is 1.13. The molecule has 0 aromatic heterocycles. The molecule has 0 aromatic carbocycles. The zero-order chi connectivity index (χ0) is 13.1. The van der Waals surface area contributed by atoms with Crippen molar-refractivity contribution >= 4 is 12.4 Å². The molecule has 98 valence electrons. The van der Waals surface area contributed by atoms with Gasteiger partial charge < -0.3 is 14.4 Å². The Morgan fingerprint density at radius 3 is 2.53 bits per heavy atom. The molecule has 1 aliphatic rings. The van der Waals surface area contributed by atoms with E-state index in [0.717, 1.165) is 12.8 Å². The fourth-order valence-corrected chi connectivity index (χ4v) is 1.85.